The Labute approximate surface area is 93.7 Å². The molecule has 1 aliphatic heterocycles. The van der Waals surface area contributed by atoms with Crippen molar-refractivity contribution in [3.8, 4) is 0 Å². The molecule has 0 aromatic carbocycles. The molecule has 1 rings (SSSR count). The minimum Gasteiger partial charge on any atom is -0.356 e. The average molecular weight is 211 g/mol. The number of guanidine groups is 1. The van der Waals surface area contributed by atoms with Crippen LogP contribution in [0.25, 0.3) is 0 Å². The van der Waals surface area contributed by atoms with Crippen molar-refractivity contribution in [2.75, 3.05) is 19.6 Å². The molecule has 0 saturated heterocycles. The summed E-state index contributed by atoms with van der Waals surface area (Å²) in [6, 6.07) is 0. The number of nitrogens with one attached hydrogen (secondary N) is 2. The van der Waals surface area contributed by atoms with E-state index in [1.165, 1.54) is 32.1 Å². The third-order valence-electron chi connectivity index (χ3n) is 2.91. The molecule has 3 heteroatoms. The van der Waals surface area contributed by atoms with E-state index in [1.807, 2.05) is 0 Å². The molecule has 0 atom stereocenters. The van der Waals surface area contributed by atoms with Crippen LogP contribution in [0.5, 0.6) is 0 Å². The van der Waals surface area contributed by atoms with Crippen molar-refractivity contribution >= 4 is 5.96 Å². The summed E-state index contributed by atoms with van der Waals surface area (Å²) in [5.74, 6) is 1.90. The minimum atomic E-state index is 0.898. The molecular weight excluding hydrogens is 186 g/mol. The van der Waals surface area contributed by atoms with Gasteiger partial charge in [-0.1, -0.05) is 39.5 Å². The zero-order valence-electron chi connectivity index (χ0n) is 10.2. The van der Waals surface area contributed by atoms with E-state index in [9.17, 15) is 0 Å². The predicted molar refractivity (Wildman–Crippen MR) is 66.2 cm³/mol. The van der Waals surface area contributed by atoms with E-state index in [0.29, 0.717) is 0 Å². The van der Waals surface area contributed by atoms with Crippen LogP contribution in [-0.2, 0) is 0 Å². The van der Waals surface area contributed by atoms with Gasteiger partial charge < -0.3 is 10.6 Å². The Morgan fingerprint density at radius 1 is 1.27 bits per heavy atom. The molecule has 0 bridgehead atoms. The Morgan fingerprint density at radius 2 is 2.00 bits per heavy atom. The van der Waals surface area contributed by atoms with Crippen molar-refractivity contribution in [2.24, 2.45) is 10.9 Å². The zero-order valence-corrected chi connectivity index (χ0v) is 10.2. The molecule has 2 N–H and O–H groups in total. The Bertz CT molecular complexity index is 183. The van der Waals surface area contributed by atoms with Crippen molar-refractivity contribution in [3.05, 3.63) is 0 Å². The van der Waals surface area contributed by atoms with Crippen LogP contribution in [0.4, 0.5) is 0 Å². The van der Waals surface area contributed by atoms with Crippen molar-refractivity contribution < 1.29 is 0 Å². The summed E-state index contributed by atoms with van der Waals surface area (Å²) in [7, 11) is 0. The van der Waals surface area contributed by atoms with Crippen molar-refractivity contribution in [1.82, 2.24) is 10.6 Å². The first-order valence-corrected chi connectivity index (χ1v) is 6.39. The summed E-state index contributed by atoms with van der Waals surface area (Å²) in [4.78, 5) is 4.32. The van der Waals surface area contributed by atoms with Gasteiger partial charge in [-0.05, 0) is 12.3 Å². The predicted octanol–water partition coefficient (Wildman–Crippen LogP) is 2.14. The second kappa shape index (κ2) is 7.55. The number of rotatable bonds is 7. The molecule has 0 aromatic heterocycles. The summed E-state index contributed by atoms with van der Waals surface area (Å²) < 4.78 is 0. The monoisotopic (exact) mass is 211 g/mol. The lowest BCUT2D eigenvalue weighted by Crippen LogP contribution is -2.34. The molecule has 0 unspecified atom stereocenters. The minimum absolute atomic E-state index is 0.898. The second-order valence-electron chi connectivity index (χ2n) is 4.32. The van der Waals surface area contributed by atoms with Gasteiger partial charge >= 0.3 is 0 Å². The summed E-state index contributed by atoms with van der Waals surface area (Å²) in [5.41, 5.74) is 0. The fourth-order valence-corrected chi connectivity index (χ4v) is 2.16. The Kier molecular flexibility index (Phi) is 6.21. The lowest BCUT2D eigenvalue weighted by Gasteiger charge is -2.15. The average Bonchev–Trinajstić information content (AvgIpc) is 2.71. The van der Waals surface area contributed by atoms with E-state index in [1.54, 1.807) is 0 Å². The first-order chi connectivity index (χ1) is 7.36. The van der Waals surface area contributed by atoms with Gasteiger partial charge in [-0.2, -0.15) is 0 Å². The van der Waals surface area contributed by atoms with E-state index in [-0.39, 0.29) is 0 Å². The first kappa shape index (κ1) is 12.3. The Balaban J connectivity index is 2.09. The van der Waals surface area contributed by atoms with Gasteiger partial charge in [-0.15, -0.1) is 0 Å². The molecule has 88 valence electrons. The highest BCUT2D eigenvalue weighted by atomic mass is 15.2. The summed E-state index contributed by atoms with van der Waals surface area (Å²) in [6.45, 7) is 7.54. The number of hydrogen-bond acceptors (Lipinski definition) is 3. The SMILES string of the molecule is CCCC(CCC)CCNC1=NCCN1. The van der Waals surface area contributed by atoms with Gasteiger partial charge in [0.1, 0.15) is 0 Å². The smallest absolute Gasteiger partial charge is 0.191 e. The number of nitrogens with zero attached hydrogens (tertiary/aromatic N) is 1. The summed E-state index contributed by atoms with van der Waals surface area (Å²) in [5, 5.41) is 6.60. The van der Waals surface area contributed by atoms with Crippen LogP contribution in [-0.4, -0.2) is 25.6 Å². The van der Waals surface area contributed by atoms with Gasteiger partial charge in [-0.3, -0.25) is 4.99 Å². The molecule has 0 saturated carbocycles. The lowest BCUT2D eigenvalue weighted by molar-refractivity contribution is 0.410. The van der Waals surface area contributed by atoms with E-state index in [0.717, 1.165) is 31.5 Å². The maximum Gasteiger partial charge on any atom is 0.191 e. The van der Waals surface area contributed by atoms with Crippen molar-refractivity contribution in [2.45, 2.75) is 46.0 Å². The Morgan fingerprint density at radius 3 is 2.53 bits per heavy atom. The third kappa shape index (κ3) is 5.05. The van der Waals surface area contributed by atoms with Crippen LogP contribution in [0.1, 0.15) is 46.0 Å². The van der Waals surface area contributed by atoms with Gasteiger partial charge in [0.25, 0.3) is 0 Å². The molecular formula is C12H25N3. The van der Waals surface area contributed by atoms with Crippen LogP contribution in [0.3, 0.4) is 0 Å². The Hall–Kier alpha value is -0.730. The fourth-order valence-electron chi connectivity index (χ4n) is 2.16. The maximum atomic E-state index is 4.32. The van der Waals surface area contributed by atoms with Crippen LogP contribution in [0.15, 0.2) is 4.99 Å². The molecule has 3 nitrogen and oxygen atoms in total. The number of hydrogen-bond donors (Lipinski definition) is 2. The topological polar surface area (TPSA) is 36.4 Å². The van der Waals surface area contributed by atoms with Crippen LogP contribution in [0.2, 0.25) is 0 Å². The van der Waals surface area contributed by atoms with Gasteiger partial charge in [0.15, 0.2) is 5.96 Å². The molecule has 0 amide bonds. The first-order valence-electron chi connectivity index (χ1n) is 6.39. The molecule has 1 aliphatic rings. The van der Waals surface area contributed by atoms with Gasteiger partial charge in [0.2, 0.25) is 0 Å². The lowest BCUT2D eigenvalue weighted by atomic mass is 9.95. The molecule has 0 fully saturated rings. The maximum absolute atomic E-state index is 4.32. The van der Waals surface area contributed by atoms with Crippen LogP contribution in [0, 0.1) is 5.92 Å². The van der Waals surface area contributed by atoms with Gasteiger partial charge in [-0.25, -0.2) is 0 Å². The van der Waals surface area contributed by atoms with E-state index >= 15 is 0 Å². The van der Waals surface area contributed by atoms with E-state index in [2.05, 4.69) is 29.5 Å². The molecule has 1 heterocycles. The molecule has 0 radical (unpaired) electrons. The van der Waals surface area contributed by atoms with Crippen LogP contribution >= 0.6 is 0 Å². The molecule has 0 aliphatic carbocycles. The summed E-state index contributed by atoms with van der Waals surface area (Å²) >= 11 is 0. The normalized spacial score (nSPS) is 15.3. The van der Waals surface area contributed by atoms with E-state index in [4.69, 9.17) is 0 Å². The van der Waals surface area contributed by atoms with Crippen LogP contribution < -0.4 is 10.6 Å². The standard InChI is InChI=1S/C12H25N3/c1-3-5-11(6-4-2)7-8-13-12-14-9-10-15-12/h11H,3-10H2,1-2H3,(H2,13,14,15). The largest absolute Gasteiger partial charge is 0.356 e. The fraction of sp³-hybridized carbons (Fsp3) is 0.917. The van der Waals surface area contributed by atoms with Gasteiger partial charge in [0, 0.05) is 13.1 Å². The van der Waals surface area contributed by atoms with E-state index < -0.39 is 0 Å². The highest BCUT2D eigenvalue weighted by Crippen LogP contribution is 2.16. The highest BCUT2D eigenvalue weighted by molar-refractivity contribution is 5.81. The van der Waals surface area contributed by atoms with Crippen molar-refractivity contribution in [3.63, 3.8) is 0 Å². The molecule has 0 spiro atoms. The molecule has 15 heavy (non-hydrogen) atoms. The number of aliphatic imine (C=N–C) groups is 1. The summed E-state index contributed by atoms with van der Waals surface area (Å²) in [6.07, 6.45) is 6.64. The second-order valence-corrected chi connectivity index (χ2v) is 4.32. The third-order valence-corrected chi connectivity index (χ3v) is 2.91. The molecule has 0 aromatic rings. The van der Waals surface area contributed by atoms with Crippen molar-refractivity contribution in [1.29, 1.82) is 0 Å². The highest BCUT2D eigenvalue weighted by Gasteiger charge is 2.08. The quantitative estimate of drug-likeness (QED) is 0.677. The zero-order chi connectivity index (χ0) is 10.9. The van der Waals surface area contributed by atoms with Gasteiger partial charge in [0.05, 0.1) is 6.54 Å².